The zero-order chi connectivity index (χ0) is 8.43. The number of ether oxygens (including phenoxy) is 1. The summed E-state index contributed by atoms with van der Waals surface area (Å²) in [5.74, 6) is 0. The summed E-state index contributed by atoms with van der Waals surface area (Å²) in [4.78, 5) is 1.83. The molecule has 11 heavy (non-hydrogen) atoms. The highest BCUT2D eigenvalue weighted by Crippen LogP contribution is 2.15. The van der Waals surface area contributed by atoms with Crippen LogP contribution in [-0.4, -0.2) is 36.5 Å². The average Bonchev–Trinajstić information content (AvgIpc) is 1.94. The predicted molar refractivity (Wildman–Crippen MR) is 42.2 cm³/mol. The first-order valence-electron chi connectivity index (χ1n) is 4.12. The van der Waals surface area contributed by atoms with E-state index >= 15 is 0 Å². The van der Waals surface area contributed by atoms with Crippen LogP contribution in [0.15, 0.2) is 0 Å². The molecule has 0 aliphatic carbocycles. The summed E-state index contributed by atoms with van der Waals surface area (Å²) in [7, 11) is 0. The van der Waals surface area contributed by atoms with Crippen LogP contribution in [0.25, 0.3) is 0 Å². The Balaban J connectivity index is 2.47. The summed E-state index contributed by atoms with van der Waals surface area (Å²) in [6.07, 6.45) is -0.740. The number of nitrogens with zero attached hydrogens (tertiary/aromatic N) is 1. The van der Waals surface area contributed by atoms with Crippen molar-refractivity contribution in [1.29, 1.82) is 0 Å². The van der Waals surface area contributed by atoms with Crippen molar-refractivity contribution < 1.29 is 9.13 Å². The fraction of sp³-hybridized carbons (Fsp3) is 1.00. The lowest BCUT2D eigenvalue weighted by atomic mass is 10.2. The quantitative estimate of drug-likeness (QED) is 0.539. The summed E-state index contributed by atoms with van der Waals surface area (Å²) >= 11 is 0. The number of morpholine rings is 1. The Bertz CT molecular complexity index is 129. The molecule has 0 aromatic carbocycles. The Morgan fingerprint density at radius 1 is 1.55 bits per heavy atom. The molecule has 0 radical (unpaired) electrons. The molecule has 2 unspecified atom stereocenters. The number of halogens is 1. The molecule has 0 spiro atoms. The minimum Gasteiger partial charge on any atom is -0.373 e. The van der Waals surface area contributed by atoms with Crippen molar-refractivity contribution in [3.63, 3.8) is 0 Å². The first-order chi connectivity index (χ1) is 5.11. The lowest BCUT2D eigenvalue weighted by Gasteiger charge is -2.36. The van der Waals surface area contributed by atoms with Gasteiger partial charge in [-0.2, -0.15) is 0 Å². The van der Waals surface area contributed by atoms with Gasteiger partial charge in [-0.05, 0) is 20.8 Å². The van der Waals surface area contributed by atoms with Gasteiger partial charge in [-0.3, -0.25) is 4.90 Å². The molecular formula is C8H16FNO. The molecule has 1 aliphatic heterocycles. The highest BCUT2D eigenvalue weighted by Gasteiger charge is 2.27. The van der Waals surface area contributed by atoms with E-state index in [0.29, 0.717) is 6.54 Å². The van der Waals surface area contributed by atoms with E-state index in [-0.39, 0.29) is 18.8 Å². The molecular weight excluding hydrogens is 145 g/mol. The Morgan fingerprint density at radius 3 is 2.64 bits per heavy atom. The zero-order valence-corrected chi connectivity index (χ0v) is 7.38. The largest absolute Gasteiger partial charge is 0.373 e. The summed E-state index contributed by atoms with van der Waals surface area (Å²) in [5, 5.41) is 0. The van der Waals surface area contributed by atoms with Crippen molar-refractivity contribution in [3.05, 3.63) is 0 Å². The van der Waals surface area contributed by atoms with Crippen LogP contribution in [0.3, 0.4) is 0 Å². The van der Waals surface area contributed by atoms with Gasteiger partial charge in [-0.25, -0.2) is 4.39 Å². The fourth-order valence-corrected chi connectivity index (χ4v) is 1.34. The van der Waals surface area contributed by atoms with Crippen molar-refractivity contribution in [3.8, 4) is 0 Å². The second kappa shape index (κ2) is 3.50. The van der Waals surface area contributed by atoms with Crippen molar-refractivity contribution in [2.24, 2.45) is 0 Å². The maximum absolute atomic E-state index is 13.1. The monoisotopic (exact) mass is 161 g/mol. The van der Waals surface area contributed by atoms with E-state index in [0.717, 1.165) is 0 Å². The van der Waals surface area contributed by atoms with Gasteiger partial charge >= 0.3 is 0 Å². The molecule has 0 N–H and O–H groups in total. The van der Waals surface area contributed by atoms with E-state index in [1.165, 1.54) is 0 Å². The minimum absolute atomic E-state index is 0.171. The fourth-order valence-electron chi connectivity index (χ4n) is 1.34. The van der Waals surface area contributed by atoms with E-state index in [2.05, 4.69) is 0 Å². The molecule has 0 saturated carbocycles. The minimum atomic E-state index is -0.911. The third-order valence-corrected chi connectivity index (χ3v) is 2.01. The molecule has 1 aliphatic rings. The normalized spacial score (nSPS) is 34.6. The van der Waals surface area contributed by atoms with Crippen molar-refractivity contribution in [1.82, 2.24) is 4.90 Å². The molecule has 1 heterocycles. The van der Waals surface area contributed by atoms with Gasteiger partial charge < -0.3 is 4.74 Å². The topological polar surface area (TPSA) is 12.5 Å². The predicted octanol–water partition coefficient (Wildman–Crippen LogP) is 1.41. The first kappa shape index (κ1) is 8.94. The van der Waals surface area contributed by atoms with Gasteiger partial charge in [0.05, 0.1) is 12.7 Å². The summed E-state index contributed by atoms with van der Waals surface area (Å²) < 4.78 is 18.2. The van der Waals surface area contributed by atoms with Crippen LogP contribution in [0.4, 0.5) is 4.39 Å². The van der Waals surface area contributed by atoms with Gasteiger partial charge in [0.15, 0.2) is 6.30 Å². The van der Waals surface area contributed by atoms with E-state index in [9.17, 15) is 4.39 Å². The number of hydrogen-bond acceptors (Lipinski definition) is 2. The van der Waals surface area contributed by atoms with Crippen LogP contribution in [0, 0.1) is 0 Å². The standard InChI is InChI=1S/C8H16FNO/c1-6(2)10-4-7(3)11-5-8(10)9/h6-8H,4-5H2,1-3H3. The molecule has 66 valence electrons. The maximum Gasteiger partial charge on any atom is 0.177 e. The lowest BCUT2D eigenvalue weighted by molar-refractivity contribution is -0.110. The van der Waals surface area contributed by atoms with Crippen LogP contribution >= 0.6 is 0 Å². The van der Waals surface area contributed by atoms with Gasteiger partial charge in [0, 0.05) is 12.6 Å². The Hall–Kier alpha value is -0.150. The maximum atomic E-state index is 13.1. The van der Waals surface area contributed by atoms with Gasteiger partial charge in [-0.15, -0.1) is 0 Å². The second-order valence-corrected chi connectivity index (χ2v) is 3.37. The lowest BCUT2D eigenvalue weighted by Crippen LogP contribution is -2.49. The Kier molecular flexibility index (Phi) is 2.84. The van der Waals surface area contributed by atoms with E-state index < -0.39 is 6.30 Å². The number of hydrogen-bond donors (Lipinski definition) is 0. The second-order valence-electron chi connectivity index (χ2n) is 3.37. The van der Waals surface area contributed by atoms with Crippen LogP contribution in [0.1, 0.15) is 20.8 Å². The van der Waals surface area contributed by atoms with E-state index in [4.69, 9.17) is 4.74 Å². The van der Waals surface area contributed by atoms with Gasteiger partial charge in [0.25, 0.3) is 0 Å². The van der Waals surface area contributed by atoms with Crippen LogP contribution < -0.4 is 0 Å². The highest BCUT2D eigenvalue weighted by atomic mass is 19.1. The SMILES string of the molecule is CC1CN(C(C)C)C(F)CO1. The first-order valence-corrected chi connectivity index (χ1v) is 4.12. The third-order valence-electron chi connectivity index (χ3n) is 2.01. The van der Waals surface area contributed by atoms with Crippen molar-refractivity contribution in [2.75, 3.05) is 13.2 Å². The van der Waals surface area contributed by atoms with Crippen LogP contribution in [-0.2, 0) is 4.74 Å². The molecule has 0 bridgehead atoms. The molecule has 3 heteroatoms. The highest BCUT2D eigenvalue weighted by molar-refractivity contribution is 4.74. The molecule has 0 amide bonds. The number of rotatable bonds is 1. The molecule has 1 rings (SSSR count). The van der Waals surface area contributed by atoms with Crippen molar-refractivity contribution in [2.45, 2.75) is 39.2 Å². The molecule has 2 atom stereocenters. The van der Waals surface area contributed by atoms with Gasteiger partial charge in [0.1, 0.15) is 0 Å². The van der Waals surface area contributed by atoms with Gasteiger partial charge in [-0.1, -0.05) is 0 Å². The Morgan fingerprint density at radius 2 is 2.18 bits per heavy atom. The van der Waals surface area contributed by atoms with Crippen LogP contribution in [0.2, 0.25) is 0 Å². The van der Waals surface area contributed by atoms with Gasteiger partial charge in [0.2, 0.25) is 0 Å². The summed E-state index contributed by atoms with van der Waals surface area (Å²) in [5.41, 5.74) is 0. The van der Waals surface area contributed by atoms with E-state index in [1.54, 1.807) is 0 Å². The van der Waals surface area contributed by atoms with Crippen molar-refractivity contribution >= 4 is 0 Å². The molecule has 0 aromatic heterocycles. The Labute approximate surface area is 67.3 Å². The summed E-state index contributed by atoms with van der Waals surface area (Å²) in [6, 6.07) is 0.274. The molecule has 1 fully saturated rings. The van der Waals surface area contributed by atoms with Crippen LogP contribution in [0.5, 0.6) is 0 Å². The average molecular weight is 161 g/mol. The molecule has 0 aromatic rings. The smallest absolute Gasteiger partial charge is 0.177 e. The molecule has 2 nitrogen and oxygen atoms in total. The number of alkyl halides is 1. The van der Waals surface area contributed by atoms with E-state index in [1.807, 2.05) is 25.7 Å². The third kappa shape index (κ3) is 2.14. The molecule has 1 saturated heterocycles. The summed E-state index contributed by atoms with van der Waals surface area (Å²) in [6.45, 7) is 6.91. The zero-order valence-electron chi connectivity index (χ0n) is 7.38.